The van der Waals surface area contributed by atoms with E-state index in [9.17, 15) is 4.79 Å². The van der Waals surface area contributed by atoms with Gasteiger partial charge < -0.3 is 4.74 Å². The van der Waals surface area contributed by atoms with Crippen molar-refractivity contribution in [2.24, 2.45) is 0 Å². The highest BCUT2D eigenvalue weighted by molar-refractivity contribution is 7.98. The predicted molar refractivity (Wildman–Crippen MR) is 128 cm³/mol. The Morgan fingerprint density at radius 3 is 2.78 bits per heavy atom. The molecule has 0 atom stereocenters. The van der Waals surface area contributed by atoms with Crippen LogP contribution in [0.3, 0.4) is 0 Å². The molecule has 4 rings (SSSR count). The number of thioether (sulfide) groups is 1. The van der Waals surface area contributed by atoms with Gasteiger partial charge in [-0.2, -0.15) is 0 Å². The molecule has 2 heterocycles. The Bertz CT molecular complexity index is 1250. The summed E-state index contributed by atoms with van der Waals surface area (Å²) in [6.45, 7) is 5.68. The molecule has 0 saturated carbocycles. The molecular weight excluding hydrogens is 442 g/mol. The molecule has 0 radical (unpaired) electrons. The highest BCUT2D eigenvalue weighted by Crippen LogP contribution is 2.36. The number of nitrogens with zero attached hydrogens (tertiary/aromatic N) is 5. The van der Waals surface area contributed by atoms with E-state index in [4.69, 9.17) is 9.72 Å². The van der Waals surface area contributed by atoms with Gasteiger partial charge >= 0.3 is 0 Å². The average molecular weight is 466 g/mol. The normalized spacial score (nSPS) is 10.9. The summed E-state index contributed by atoms with van der Waals surface area (Å²) in [6, 6.07) is 13.7. The van der Waals surface area contributed by atoms with Crippen molar-refractivity contribution in [1.82, 2.24) is 19.7 Å². The lowest BCUT2D eigenvalue weighted by molar-refractivity contribution is -0.115. The number of aromatic nitrogens is 4. The van der Waals surface area contributed by atoms with Gasteiger partial charge in [0.25, 0.3) is 0 Å². The van der Waals surface area contributed by atoms with Gasteiger partial charge in [-0.15, -0.1) is 21.5 Å². The van der Waals surface area contributed by atoms with Crippen molar-refractivity contribution >= 4 is 39.8 Å². The highest BCUT2D eigenvalue weighted by Gasteiger charge is 2.21. The number of hydrogen-bond donors (Lipinski definition) is 0. The number of hydrogen-bond acceptors (Lipinski definition) is 7. The molecule has 7 nitrogen and oxygen atoms in total. The number of benzene rings is 2. The molecule has 9 heteroatoms. The van der Waals surface area contributed by atoms with Gasteiger partial charge in [-0.3, -0.25) is 14.3 Å². The summed E-state index contributed by atoms with van der Waals surface area (Å²) in [5.41, 5.74) is 4.98. The predicted octanol–water partition coefficient (Wildman–Crippen LogP) is 5.33. The smallest absolute Gasteiger partial charge is 0.230 e. The van der Waals surface area contributed by atoms with Crippen LogP contribution < -0.4 is 9.64 Å². The Morgan fingerprint density at radius 1 is 1.22 bits per heavy atom. The first kappa shape index (κ1) is 22.0. The van der Waals surface area contributed by atoms with E-state index in [0.717, 1.165) is 22.1 Å². The Hall–Kier alpha value is -3.17. The maximum Gasteiger partial charge on any atom is 0.230 e. The molecular formula is C23H23N5O2S2. The second-order valence-electron chi connectivity index (χ2n) is 7.21. The van der Waals surface area contributed by atoms with E-state index >= 15 is 0 Å². The SMILES string of the molecule is COc1ccccc1N(C(C)=O)c1nc(CSc2nncn2-c2ccc(C)cc2C)cs1. The van der Waals surface area contributed by atoms with Crippen LogP contribution in [-0.2, 0) is 10.5 Å². The highest BCUT2D eigenvalue weighted by atomic mass is 32.2. The minimum atomic E-state index is -0.127. The van der Waals surface area contributed by atoms with Crippen LogP contribution in [0, 0.1) is 13.8 Å². The fraction of sp³-hybridized carbons (Fsp3) is 0.217. The standard InChI is InChI=1S/C23H23N5O2S2/c1-15-9-10-19(16(2)11-15)27-14-24-26-23(27)32-13-18-12-31-22(25-18)28(17(3)29)20-7-5-6-8-21(20)30-4/h5-12,14H,13H2,1-4H3. The van der Waals surface area contributed by atoms with E-state index in [1.165, 1.54) is 23.8 Å². The van der Waals surface area contributed by atoms with E-state index in [1.807, 2.05) is 34.2 Å². The number of ether oxygens (including phenoxy) is 1. The molecule has 2 aromatic carbocycles. The fourth-order valence-electron chi connectivity index (χ4n) is 3.39. The molecule has 0 spiro atoms. The molecule has 0 N–H and O–H groups in total. The fourth-order valence-corrected chi connectivity index (χ4v) is 5.19. The van der Waals surface area contributed by atoms with Crippen molar-refractivity contribution in [2.75, 3.05) is 12.0 Å². The number of aryl methyl sites for hydroxylation is 2. The van der Waals surface area contributed by atoms with Crippen molar-refractivity contribution in [1.29, 1.82) is 0 Å². The molecule has 2 aromatic heterocycles. The zero-order valence-electron chi connectivity index (χ0n) is 18.3. The number of carbonyl (C=O) groups excluding carboxylic acids is 1. The van der Waals surface area contributed by atoms with Crippen LogP contribution in [-0.4, -0.2) is 32.8 Å². The number of anilines is 2. The van der Waals surface area contributed by atoms with Crippen LogP contribution in [0.25, 0.3) is 5.69 Å². The first-order valence-electron chi connectivity index (χ1n) is 9.96. The topological polar surface area (TPSA) is 73.1 Å². The van der Waals surface area contributed by atoms with Gasteiger partial charge in [0.05, 0.1) is 24.2 Å². The second kappa shape index (κ2) is 9.54. The van der Waals surface area contributed by atoms with Crippen molar-refractivity contribution in [3.8, 4) is 11.4 Å². The molecule has 1 amide bonds. The zero-order valence-corrected chi connectivity index (χ0v) is 19.9. The van der Waals surface area contributed by atoms with Crippen LogP contribution in [0.5, 0.6) is 5.75 Å². The number of para-hydroxylation sites is 2. The first-order valence-corrected chi connectivity index (χ1v) is 11.8. The quantitative estimate of drug-likeness (QED) is 0.344. The largest absolute Gasteiger partial charge is 0.495 e. The minimum Gasteiger partial charge on any atom is -0.495 e. The van der Waals surface area contributed by atoms with Gasteiger partial charge in [-0.05, 0) is 37.6 Å². The Morgan fingerprint density at radius 2 is 2.03 bits per heavy atom. The summed E-state index contributed by atoms with van der Waals surface area (Å²) >= 11 is 2.98. The first-order chi connectivity index (χ1) is 15.5. The van der Waals surface area contributed by atoms with Gasteiger partial charge in [0.1, 0.15) is 12.1 Å². The number of methoxy groups -OCH3 is 1. The lowest BCUT2D eigenvalue weighted by Crippen LogP contribution is -2.23. The molecule has 164 valence electrons. The lowest BCUT2D eigenvalue weighted by Gasteiger charge is -2.20. The molecule has 0 fully saturated rings. The molecule has 0 bridgehead atoms. The molecule has 4 aromatic rings. The summed E-state index contributed by atoms with van der Waals surface area (Å²) in [5.74, 6) is 1.10. The summed E-state index contributed by atoms with van der Waals surface area (Å²) in [4.78, 5) is 18.7. The third-order valence-electron chi connectivity index (χ3n) is 4.85. The second-order valence-corrected chi connectivity index (χ2v) is 8.99. The van der Waals surface area contributed by atoms with E-state index in [-0.39, 0.29) is 5.91 Å². The maximum atomic E-state index is 12.4. The zero-order chi connectivity index (χ0) is 22.7. The summed E-state index contributed by atoms with van der Waals surface area (Å²) in [5, 5.41) is 11.7. The Balaban J connectivity index is 1.54. The number of rotatable bonds is 7. The lowest BCUT2D eigenvalue weighted by atomic mass is 10.1. The van der Waals surface area contributed by atoms with Crippen LogP contribution in [0.1, 0.15) is 23.7 Å². The molecule has 0 aliphatic heterocycles. The van der Waals surface area contributed by atoms with Crippen molar-refractivity contribution in [3.05, 3.63) is 71.0 Å². The van der Waals surface area contributed by atoms with E-state index in [2.05, 4.69) is 42.2 Å². The average Bonchev–Trinajstić information content (AvgIpc) is 3.42. The maximum absolute atomic E-state index is 12.4. The van der Waals surface area contributed by atoms with Gasteiger partial charge in [0.15, 0.2) is 10.3 Å². The Kier molecular flexibility index (Phi) is 6.57. The molecule has 0 saturated heterocycles. The van der Waals surface area contributed by atoms with Crippen molar-refractivity contribution < 1.29 is 9.53 Å². The molecule has 0 aliphatic rings. The van der Waals surface area contributed by atoms with E-state index in [0.29, 0.717) is 22.3 Å². The molecule has 32 heavy (non-hydrogen) atoms. The van der Waals surface area contributed by atoms with E-state index in [1.54, 1.807) is 30.1 Å². The van der Waals surface area contributed by atoms with Crippen LogP contribution in [0.4, 0.5) is 10.8 Å². The van der Waals surface area contributed by atoms with Crippen molar-refractivity contribution in [2.45, 2.75) is 31.7 Å². The summed E-state index contributed by atoms with van der Waals surface area (Å²) < 4.78 is 7.42. The molecule has 0 unspecified atom stereocenters. The minimum absolute atomic E-state index is 0.127. The molecule has 0 aliphatic carbocycles. The van der Waals surface area contributed by atoms with Gasteiger partial charge in [-0.25, -0.2) is 4.98 Å². The number of carbonyl (C=O) groups is 1. The van der Waals surface area contributed by atoms with Gasteiger partial charge in [0.2, 0.25) is 5.91 Å². The van der Waals surface area contributed by atoms with E-state index < -0.39 is 0 Å². The van der Waals surface area contributed by atoms with Gasteiger partial charge in [-0.1, -0.05) is 41.6 Å². The summed E-state index contributed by atoms with van der Waals surface area (Å²) in [6.07, 6.45) is 1.73. The Labute approximate surface area is 195 Å². The number of thiazole rings is 1. The van der Waals surface area contributed by atoms with Crippen LogP contribution >= 0.6 is 23.1 Å². The summed E-state index contributed by atoms with van der Waals surface area (Å²) in [7, 11) is 1.59. The van der Waals surface area contributed by atoms with Crippen LogP contribution in [0.2, 0.25) is 0 Å². The van der Waals surface area contributed by atoms with Crippen molar-refractivity contribution in [3.63, 3.8) is 0 Å². The van der Waals surface area contributed by atoms with Crippen LogP contribution in [0.15, 0.2) is 59.3 Å². The third kappa shape index (κ3) is 4.53. The van der Waals surface area contributed by atoms with Gasteiger partial charge in [0, 0.05) is 18.1 Å². The monoisotopic (exact) mass is 465 g/mol. The third-order valence-corrected chi connectivity index (χ3v) is 6.70. The number of amides is 1.